The molecular weight excluding hydrogens is 391 g/mol. The molecular formula is C17H10Cl2N6S. The molecule has 0 fully saturated rings. The Balaban J connectivity index is 1.82. The van der Waals surface area contributed by atoms with E-state index in [2.05, 4.69) is 25.3 Å². The van der Waals surface area contributed by atoms with Crippen LogP contribution in [-0.2, 0) is 0 Å². The molecule has 0 saturated heterocycles. The molecule has 0 aliphatic carbocycles. The van der Waals surface area contributed by atoms with Crippen molar-refractivity contribution in [2.45, 2.75) is 6.92 Å². The van der Waals surface area contributed by atoms with Crippen LogP contribution in [0.25, 0.3) is 22.4 Å². The highest BCUT2D eigenvalue weighted by atomic mass is 35.5. The van der Waals surface area contributed by atoms with Crippen molar-refractivity contribution in [3.8, 4) is 17.5 Å². The molecule has 0 radical (unpaired) electrons. The molecule has 0 aliphatic heterocycles. The number of thiazole rings is 1. The summed E-state index contributed by atoms with van der Waals surface area (Å²) in [6.07, 6.45) is 1.68. The second-order valence-electron chi connectivity index (χ2n) is 5.49. The number of rotatable bonds is 3. The SMILES string of the molecule is Cc1csc(Nc2nccc3[nH]c(-c4c(Cl)cc(C#N)cc4Cl)nc23)n1. The molecule has 0 unspecified atom stereocenters. The number of nitriles is 1. The minimum absolute atomic E-state index is 0.353. The molecule has 6 nitrogen and oxygen atoms in total. The van der Waals surface area contributed by atoms with Gasteiger partial charge in [-0.2, -0.15) is 5.26 Å². The largest absolute Gasteiger partial charge is 0.338 e. The first kappa shape index (κ1) is 16.8. The molecule has 4 rings (SSSR count). The van der Waals surface area contributed by atoms with Crippen molar-refractivity contribution in [1.82, 2.24) is 19.9 Å². The van der Waals surface area contributed by atoms with Crippen LogP contribution in [0.4, 0.5) is 10.9 Å². The van der Waals surface area contributed by atoms with E-state index in [4.69, 9.17) is 28.5 Å². The van der Waals surface area contributed by atoms with E-state index in [1.165, 1.54) is 11.3 Å². The number of benzene rings is 1. The first-order valence-corrected chi connectivity index (χ1v) is 9.12. The Morgan fingerprint density at radius 1 is 1.23 bits per heavy atom. The molecule has 3 aromatic heterocycles. The normalized spacial score (nSPS) is 10.8. The van der Waals surface area contributed by atoms with Crippen molar-refractivity contribution in [2.75, 3.05) is 5.32 Å². The van der Waals surface area contributed by atoms with Gasteiger partial charge in [0.15, 0.2) is 10.9 Å². The van der Waals surface area contributed by atoms with E-state index >= 15 is 0 Å². The molecule has 0 bridgehead atoms. The number of imidazole rings is 1. The summed E-state index contributed by atoms with van der Waals surface area (Å²) in [6, 6.07) is 6.96. The number of aromatic nitrogens is 4. The van der Waals surface area contributed by atoms with E-state index in [9.17, 15) is 0 Å². The standard InChI is InChI=1S/C17H10Cl2N6S/c1-8-7-26-17(22-8)25-16-14-12(2-3-21-16)23-15(24-14)13-10(18)4-9(6-20)5-11(13)19/h2-5,7H,1H3,(H,23,24)(H,21,22,25). The molecule has 9 heteroatoms. The summed E-state index contributed by atoms with van der Waals surface area (Å²) in [4.78, 5) is 16.5. The van der Waals surface area contributed by atoms with E-state index in [1.54, 1.807) is 18.3 Å². The average molecular weight is 401 g/mol. The predicted molar refractivity (Wildman–Crippen MR) is 104 cm³/mol. The summed E-state index contributed by atoms with van der Waals surface area (Å²) in [7, 11) is 0. The molecule has 0 aliphatic rings. The van der Waals surface area contributed by atoms with Crippen LogP contribution in [0.3, 0.4) is 0 Å². The maximum Gasteiger partial charge on any atom is 0.188 e. The fourth-order valence-corrected chi connectivity index (χ4v) is 3.88. The van der Waals surface area contributed by atoms with Gasteiger partial charge in [0.25, 0.3) is 0 Å². The van der Waals surface area contributed by atoms with Gasteiger partial charge in [0.2, 0.25) is 0 Å². The van der Waals surface area contributed by atoms with Crippen LogP contribution in [-0.4, -0.2) is 19.9 Å². The Labute approximate surface area is 162 Å². The van der Waals surface area contributed by atoms with Crippen LogP contribution < -0.4 is 5.32 Å². The third-order valence-electron chi connectivity index (χ3n) is 3.65. The zero-order valence-electron chi connectivity index (χ0n) is 13.3. The van der Waals surface area contributed by atoms with Crippen LogP contribution in [0.1, 0.15) is 11.3 Å². The third-order valence-corrected chi connectivity index (χ3v) is 5.13. The molecule has 26 heavy (non-hydrogen) atoms. The first-order chi connectivity index (χ1) is 12.5. The van der Waals surface area contributed by atoms with Gasteiger partial charge >= 0.3 is 0 Å². The molecule has 4 aromatic rings. The second-order valence-corrected chi connectivity index (χ2v) is 7.16. The lowest BCUT2D eigenvalue weighted by molar-refractivity contribution is 1.24. The fourth-order valence-electron chi connectivity index (χ4n) is 2.52. The maximum absolute atomic E-state index is 9.03. The van der Waals surface area contributed by atoms with Gasteiger partial charge in [0.1, 0.15) is 11.3 Å². The van der Waals surface area contributed by atoms with Crippen LogP contribution in [0.15, 0.2) is 29.8 Å². The summed E-state index contributed by atoms with van der Waals surface area (Å²) >= 11 is 14.1. The quantitative estimate of drug-likeness (QED) is 0.485. The summed E-state index contributed by atoms with van der Waals surface area (Å²) in [6.45, 7) is 1.93. The molecule has 1 aromatic carbocycles. The van der Waals surface area contributed by atoms with Crippen molar-refractivity contribution in [2.24, 2.45) is 0 Å². The lowest BCUT2D eigenvalue weighted by Crippen LogP contribution is -1.94. The lowest BCUT2D eigenvalue weighted by Gasteiger charge is -2.04. The molecule has 0 spiro atoms. The minimum Gasteiger partial charge on any atom is -0.338 e. The van der Waals surface area contributed by atoms with Crippen molar-refractivity contribution in [3.63, 3.8) is 0 Å². The summed E-state index contributed by atoms with van der Waals surface area (Å²) < 4.78 is 0. The number of halogens is 2. The Bertz CT molecular complexity index is 1150. The Morgan fingerprint density at radius 2 is 2.00 bits per heavy atom. The number of H-pyrrole nitrogens is 1. The number of hydrogen-bond acceptors (Lipinski definition) is 6. The van der Waals surface area contributed by atoms with Crippen molar-refractivity contribution >= 4 is 56.5 Å². The molecule has 0 saturated carbocycles. The smallest absolute Gasteiger partial charge is 0.188 e. The Hall–Kier alpha value is -2.66. The molecule has 0 amide bonds. The predicted octanol–water partition coefficient (Wildman–Crippen LogP) is 5.31. The van der Waals surface area contributed by atoms with Crippen molar-refractivity contribution in [1.29, 1.82) is 5.26 Å². The molecule has 0 atom stereocenters. The number of aryl methyl sites for hydroxylation is 1. The zero-order valence-corrected chi connectivity index (χ0v) is 15.7. The van der Waals surface area contributed by atoms with Crippen molar-refractivity contribution < 1.29 is 0 Å². The van der Waals surface area contributed by atoms with E-state index in [0.29, 0.717) is 38.3 Å². The van der Waals surface area contributed by atoms with Crippen molar-refractivity contribution in [3.05, 3.63) is 51.1 Å². The van der Waals surface area contributed by atoms with Crippen LogP contribution in [0.2, 0.25) is 10.0 Å². The van der Waals surface area contributed by atoms with Crippen LogP contribution in [0.5, 0.6) is 0 Å². The van der Waals surface area contributed by atoms with Crippen LogP contribution >= 0.6 is 34.5 Å². The Kier molecular flexibility index (Phi) is 4.24. The van der Waals surface area contributed by atoms with Gasteiger partial charge in [-0.3, -0.25) is 0 Å². The summed E-state index contributed by atoms with van der Waals surface area (Å²) in [5.74, 6) is 1.09. The number of fused-ring (bicyclic) bond motifs is 1. The van der Waals surface area contributed by atoms with Gasteiger partial charge in [0.05, 0.1) is 38.5 Å². The fraction of sp³-hybridized carbons (Fsp3) is 0.0588. The number of aromatic amines is 1. The Morgan fingerprint density at radius 3 is 2.65 bits per heavy atom. The number of nitrogens with zero attached hydrogens (tertiary/aromatic N) is 4. The van der Waals surface area contributed by atoms with E-state index in [0.717, 1.165) is 16.3 Å². The molecule has 128 valence electrons. The zero-order chi connectivity index (χ0) is 18.3. The topological polar surface area (TPSA) is 90.3 Å². The van der Waals surface area contributed by atoms with Gasteiger partial charge < -0.3 is 10.3 Å². The van der Waals surface area contributed by atoms with Crippen LogP contribution in [0, 0.1) is 18.3 Å². The molecule has 2 N–H and O–H groups in total. The van der Waals surface area contributed by atoms with Gasteiger partial charge in [0, 0.05) is 11.6 Å². The average Bonchev–Trinajstić information content (AvgIpc) is 3.21. The first-order valence-electron chi connectivity index (χ1n) is 7.48. The van der Waals surface area contributed by atoms with E-state index < -0.39 is 0 Å². The summed E-state index contributed by atoms with van der Waals surface area (Å²) in [5, 5.41) is 15.6. The lowest BCUT2D eigenvalue weighted by atomic mass is 10.1. The maximum atomic E-state index is 9.03. The van der Waals surface area contributed by atoms with Gasteiger partial charge in [-0.05, 0) is 25.1 Å². The second kappa shape index (κ2) is 6.57. The highest BCUT2D eigenvalue weighted by Crippen LogP contribution is 2.36. The minimum atomic E-state index is 0.353. The van der Waals surface area contributed by atoms with Gasteiger partial charge in [-0.1, -0.05) is 23.2 Å². The molecule has 3 heterocycles. The number of hydrogen-bond donors (Lipinski definition) is 2. The monoisotopic (exact) mass is 400 g/mol. The van der Waals surface area contributed by atoms with Gasteiger partial charge in [-0.15, -0.1) is 11.3 Å². The number of nitrogens with one attached hydrogen (secondary N) is 2. The van der Waals surface area contributed by atoms with E-state index in [-0.39, 0.29) is 0 Å². The third kappa shape index (κ3) is 2.99. The highest BCUT2D eigenvalue weighted by Gasteiger charge is 2.17. The number of pyridine rings is 1. The van der Waals surface area contributed by atoms with E-state index in [1.807, 2.05) is 24.4 Å². The highest BCUT2D eigenvalue weighted by molar-refractivity contribution is 7.13. The summed E-state index contributed by atoms with van der Waals surface area (Å²) in [5.41, 5.74) is 3.29. The number of anilines is 2. The van der Waals surface area contributed by atoms with Gasteiger partial charge in [-0.25, -0.2) is 15.0 Å².